The lowest BCUT2D eigenvalue weighted by Crippen LogP contribution is -2.53. The van der Waals surface area contributed by atoms with Gasteiger partial charge in [-0.3, -0.25) is 0 Å². The number of hydrogen-bond acceptors (Lipinski definition) is 4. The Kier molecular flexibility index (Phi) is 6.23. The molecule has 1 aliphatic rings. The molecule has 102 valence electrons. The lowest BCUT2D eigenvalue weighted by Gasteiger charge is -2.36. The van der Waals surface area contributed by atoms with Crippen LogP contribution in [0.2, 0.25) is 0 Å². The minimum Gasteiger partial charge on any atom is -0.444 e. The number of methoxy groups -OCH3 is 1. The van der Waals surface area contributed by atoms with Crippen LogP contribution in [0.15, 0.2) is 0 Å². The van der Waals surface area contributed by atoms with Gasteiger partial charge >= 0.3 is 6.09 Å². The molecule has 6 heteroatoms. The van der Waals surface area contributed by atoms with Crippen LogP contribution >= 0.6 is 12.4 Å². The first-order valence-corrected chi connectivity index (χ1v) is 5.60. The summed E-state index contributed by atoms with van der Waals surface area (Å²) in [6.07, 6.45) is 0.361. The Balaban J connectivity index is 0.00000256. The van der Waals surface area contributed by atoms with E-state index in [2.05, 4.69) is 0 Å². The molecule has 5 nitrogen and oxygen atoms in total. The standard InChI is InChI=1S/C11H22N2O3.ClH/c1-11(2,3)16-10(14)13-6-5-8(12)9(7-13)15-4;/h8-9H,5-7,12H2,1-4H3;1H/t8-,9+;/m1./s1. The molecular formula is C11H23ClN2O3. The number of hydrogen-bond donors (Lipinski definition) is 1. The fourth-order valence-corrected chi connectivity index (χ4v) is 1.68. The maximum absolute atomic E-state index is 11.8. The van der Waals surface area contributed by atoms with Gasteiger partial charge in [-0.1, -0.05) is 0 Å². The molecule has 1 saturated heterocycles. The summed E-state index contributed by atoms with van der Waals surface area (Å²) >= 11 is 0. The first kappa shape index (κ1) is 16.5. The summed E-state index contributed by atoms with van der Waals surface area (Å²) in [5.74, 6) is 0. The lowest BCUT2D eigenvalue weighted by atomic mass is 10.0. The molecule has 2 N–H and O–H groups in total. The normalized spacial score (nSPS) is 25.1. The van der Waals surface area contributed by atoms with E-state index in [-0.39, 0.29) is 30.6 Å². The van der Waals surface area contributed by atoms with Crippen molar-refractivity contribution in [1.82, 2.24) is 4.90 Å². The van der Waals surface area contributed by atoms with Gasteiger partial charge in [-0.25, -0.2) is 4.79 Å². The zero-order valence-electron chi connectivity index (χ0n) is 10.9. The van der Waals surface area contributed by atoms with Crippen LogP contribution < -0.4 is 5.73 Å². The second-order valence-corrected chi connectivity index (χ2v) is 5.15. The Morgan fingerprint density at radius 2 is 2.00 bits per heavy atom. The van der Waals surface area contributed by atoms with Gasteiger partial charge in [0.05, 0.1) is 12.6 Å². The molecule has 1 aliphatic heterocycles. The summed E-state index contributed by atoms with van der Waals surface area (Å²) in [6.45, 7) is 6.71. The highest BCUT2D eigenvalue weighted by Crippen LogP contribution is 2.16. The highest BCUT2D eigenvalue weighted by molar-refractivity contribution is 5.85. The molecule has 0 radical (unpaired) electrons. The summed E-state index contributed by atoms with van der Waals surface area (Å²) in [5.41, 5.74) is 5.42. The summed E-state index contributed by atoms with van der Waals surface area (Å²) in [7, 11) is 1.61. The van der Waals surface area contributed by atoms with Crippen LogP contribution in [0.25, 0.3) is 0 Å². The molecule has 0 unspecified atom stereocenters. The zero-order valence-corrected chi connectivity index (χ0v) is 11.8. The van der Waals surface area contributed by atoms with Crippen molar-refractivity contribution in [2.75, 3.05) is 20.2 Å². The highest BCUT2D eigenvalue weighted by atomic mass is 35.5. The fourth-order valence-electron chi connectivity index (χ4n) is 1.68. The molecule has 0 aromatic carbocycles. The molecule has 1 rings (SSSR count). The number of halogens is 1. The van der Waals surface area contributed by atoms with Crippen molar-refractivity contribution in [1.29, 1.82) is 0 Å². The molecular weight excluding hydrogens is 244 g/mol. The largest absolute Gasteiger partial charge is 0.444 e. The topological polar surface area (TPSA) is 64.8 Å². The zero-order chi connectivity index (χ0) is 12.3. The number of carbonyl (C=O) groups excluding carboxylic acids is 1. The van der Waals surface area contributed by atoms with Crippen LogP contribution in [0.1, 0.15) is 27.2 Å². The Bertz CT molecular complexity index is 256. The molecule has 1 amide bonds. The Morgan fingerprint density at radius 3 is 2.47 bits per heavy atom. The van der Waals surface area contributed by atoms with Gasteiger partial charge < -0.3 is 20.1 Å². The van der Waals surface area contributed by atoms with E-state index in [9.17, 15) is 4.79 Å². The van der Waals surface area contributed by atoms with E-state index in [1.165, 1.54) is 0 Å². The summed E-state index contributed by atoms with van der Waals surface area (Å²) in [5, 5.41) is 0. The monoisotopic (exact) mass is 266 g/mol. The SMILES string of the molecule is CO[C@H]1CN(C(=O)OC(C)(C)C)CC[C@H]1N.Cl. The smallest absolute Gasteiger partial charge is 0.410 e. The van der Waals surface area contributed by atoms with Crippen LogP contribution in [-0.4, -0.2) is 48.9 Å². The maximum atomic E-state index is 11.8. The van der Waals surface area contributed by atoms with Gasteiger partial charge in [0.25, 0.3) is 0 Å². The average Bonchev–Trinajstić information content (AvgIpc) is 2.15. The molecule has 0 bridgehead atoms. The Labute approximate surface area is 109 Å². The number of carbonyl (C=O) groups is 1. The minimum absolute atomic E-state index is 0. The first-order chi connectivity index (χ1) is 7.33. The van der Waals surface area contributed by atoms with E-state index in [1.807, 2.05) is 20.8 Å². The maximum Gasteiger partial charge on any atom is 0.410 e. The van der Waals surface area contributed by atoms with E-state index < -0.39 is 5.60 Å². The minimum atomic E-state index is -0.459. The van der Waals surface area contributed by atoms with Gasteiger partial charge in [-0.2, -0.15) is 0 Å². The van der Waals surface area contributed by atoms with Crippen molar-refractivity contribution in [3.8, 4) is 0 Å². The lowest BCUT2D eigenvalue weighted by molar-refractivity contribution is -0.0126. The van der Waals surface area contributed by atoms with Crippen LogP contribution in [-0.2, 0) is 9.47 Å². The van der Waals surface area contributed by atoms with E-state index in [0.717, 1.165) is 6.42 Å². The number of ether oxygens (including phenoxy) is 2. The number of rotatable bonds is 1. The van der Waals surface area contributed by atoms with Crippen LogP contribution in [0.3, 0.4) is 0 Å². The predicted octanol–water partition coefficient (Wildman–Crippen LogP) is 1.39. The quantitative estimate of drug-likeness (QED) is 0.779. The van der Waals surface area contributed by atoms with Crippen LogP contribution in [0, 0.1) is 0 Å². The molecule has 0 spiro atoms. The Hall–Kier alpha value is -0.520. The van der Waals surface area contributed by atoms with Crippen molar-refractivity contribution < 1.29 is 14.3 Å². The molecule has 0 aliphatic carbocycles. The molecule has 2 atom stereocenters. The van der Waals surface area contributed by atoms with Crippen molar-refractivity contribution in [2.45, 2.75) is 44.9 Å². The van der Waals surface area contributed by atoms with Crippen LogP contribution in [0.4, 0.5) is 4.79 Å². The van der Waals surface area contributed by atoms with Gasteiger partial charge in [-0.15, -0.1) is 12.4 Å². The number of likely N-dealkylation sites (tertiary alicyclic amines) is 1. The second kappa shape index (κ2) is 6.42. The van der Waals surface area contributed by atoms with Crippen molar-refractivity contribution in [2.24, 2.45) is 5.73 Å². The van der Waals surface area contributed by atoms with Gasteiger partial charge in [0.1, 0.15) is 5.60 Å². The summed E-state index contributed by atoms with van der Waals surface area (Å²) < 4.78 is 10.5. The van der Waals surface area contributed by atoms with Crippen molar-refractivity contribution in [3.05, 3.63) is 0 Å². The van der Waals surface area contributed by atoms with Crippen LogP contribution in [0.5, 0.6) is 0 Å². The molecule has 0 aromatic heterocycles. The number of amides is 1. The number of nitrogens with zero attached hydrogens (tertiary/aromatic N) is 1. The predicted molar refractivity (Wildman–Crippen MR) is 68.4 cm³/mol. The summed E-state index contributed by atoms with van der Waals surface area (Å²) in [4.78, 5) is 13.4. The van der Waals surface area contributed by atoms with E-state index in [0.29, 0.717) is 13.1 Å². The fraction of sp³-hybridized carbons (Fsp3) is 0.909. The van der Waals surface area contributed by atoms with Crippen molar-refractivity contribution >= 4 is 18.5 Å². The Morgan fingerprint density at radius 1 is 1.41 bits per heavy atom. The average molecular weight is 267 g/mol. The van der Waals surface area contributed by atoms with E-state index >= 15 is 0 Å². The number of nitrogens with two attached hydrogens (primary N) is 1. The molecule has 17 heavy (non-hydrogen) atoms. The first-order valence-electron chi connectivity index (χ1n) is 5.60. The van der Waals surface area contributed by atoms with Gasteiger partial charge in [-0.05, 0) is 27.2 Å². The second-order valence-electron chi connectivity index (χ2n) is 5.15. The third kappa shape index (κ3) is 5.10. The molecule has 1 heterocycles. The van der Waals surface area contributed by atoms with E-state index in [4.69, 9.17) is 15.2 Å². The van der Waals surface area contributed by atoms with E-state index in [1.54, 1.807) is 12.0 Å². The molecule has 1 fully saturated rings. The number of piperidine rings is 1. The third-order valence-corrected chi connectivity index (χ3v) is 2.56. The van der Waals surface area contributed by atoms with Crippen molar-refractivity contribution in [3.63, 3.8) is 0 Å². The molecule has 0 aromatic rings. The molecule has 0 saturated carbocycles. The van der Waals surface area contributed by atoms with Gasteiger partial charge in [0.2, 0.25) is 0 Å². The highest BCUT2D eigenvalue weighted by Gasteiger charge is 2.31. The van der Waals surface area contributed by atoms with Gasteiger partial charge in [0, 0.05) is 19.7 Å². The summed E-state index contributed by atoms with van der Waals surface area (Å²) in [6, 6.07) is 0.00341. The van der Waals surface area contributed by atoms with Gasteiger partial charge in [0.15, 0.2) is 0 Å². The third-order valence-electron chi connectivity index (χ3n) is 2.56.